The summed E-state index contributed by atoms with van der Waals surface area (Å²) in [5.74, 6) is 0. The van der Waals surface area contributed by atoms with Gasteiger partial charge in [-0.3, -0.25) is 0 Å². The van der Waals surface area contributed by atoms with Crippen molar-refractivity contribution in [1.82, 2.24) is 19.1 Å². The van der Waals surface area contributed by atoms with Crippen LogP contribution < -0.4 is 0 Å². The highest BCUT2D eigenvalue weighted by atomic mass is 15.0. The van der Waals surface area contributed by atoms with E-state index in [2.05, 4.69) is 19.1 Å². The van der Waals surface area contributed by atoms with Crippen molar-refractivity contribution in [2.24, 2.45) is 0 Å². The van der Waals surface area contributed by atoms with Crippen LogP contribution in [-0.2, 0) is 13.1 Å². The van der Waals surface area contributed by atoms with Crippen LogP contribution >= 0.6 is 0 Å². The summed E-state index contributed by atoms with van der Waals surface area (Å²) in [6, 6.07) is 0. The van der Waals surface area contributed by atoms with Crippen LogP contribution in [-0.4, -0.2) is 19.1 Å². The third-order valence-corrected chi connectivity index (χ3v) is 2.70. The SMILES string of the molecule is c1cn(CCCCCCn2ccnc2)cn1. The Morgan fingerprint density at radius 1 is 0.688 bits per heavy atom. The molecular formula is C12H18N4. The lowest BCUT2D eigenvalue weighted by Crippen LogP contribution is -1.96. The van der Waals surface area contributed by atoms with Crippen LogP contribution in [0.15, 0.2) is 37.4 Å². The predicted molar refractivity (Wildman–Crippen MR) is 62.9 cm³/mol. The molecule has 0 saturated carbocycles. The van der Waals surface area contributed by atoms with E-state index in [4.69, 9.17) is 0 Å². The summed E-state index contributed by atoms with van der Waals surface area (Å²) in [5.41, 5.74) is 0. The largest absolute Gasteiger partial charge is 0.337 e. The normalized spacial score (nSPS) is 10.8. The minimum Gasteiger partial charge on any atom is -0.337 e. The van der Waals surface area contributed by atoms with Gasteiger partial charge < -0.3 is 9.13 Å². The van der Waals surface area contributed by atoms with E-state index in [1.807, 2.05) is 37.4 Å². The van der Waals surface area contributed by atoms with Crippen molar-refractivity contribution < 1.29 is 0 Å². The third kappa shape index (κ3) is 3.53. The lowest BCUT2D eigenvalue weighted by atomic mass is 10.2. The van der Waals surface area contributed by atoms with Gasteiger partial charge in [0.15, 0.2) is 0 Å². The van der Waals surface area contributed by atoms with Crippen LogP contribution in [0.5, 0.6) is 0 Å². The Hall–Kier alpha value is -1.58. The van der Waals surface area contributed by atoms with Crippen molar-refractivity contribution in [3.63, 3.8) is 0 Å². The van der Waals surface area contributed by atoms with E-state index in [1.165, 1.54) is 25.7 Å². The van der Waals surface area contributed by atoms with Gasteiger partial charge in [-0.25, -0.2) is 9.97 Å². The first-order valence-corrected chi connectivity index (χ1v) is 5.86. The molecule has 2 aromatic heterocycles. The molecule has 0 amide bonds. The lowest BCUT2D eigenvalue weighted by Gasteiger charge is -2.03. The number of aryl methyl sites for hydroxylation is 2. The van der Waals surface area contributed by atoms with Gasteiger partial charge >= 0.3 is 0 Å². The molecule has 16 heavy (non-hydrogen) atoms. The molecule has 2 heterocycles. The minimum atomic E-state index is 1.09. The van der Waals surface area contributed by atoms with Crippen molar-refractivity contribution >= 4 is 0 Å². The molecule has 86 valence electrons. The fourth-order valence-corrected chi connectivity index (χ4v) is 1.78. The van der Waals surface area contributed by atoms with Gasteiger partial charge in [0.1, 0.15) is 0 Å². The van der Waals surface area contributed by atoms with Crippen LogP contribution in [0.1, 0.15) is 25.7 Å². The molecule has 0 aliphatic rings. The molecule has 2 aromatic rings. The summed E-state index contributed by atoms with van der Waals surface area (Å²) in [7, 11) is 0. The van der Waals surface area contributed by atoms with Gasteiger partial charge in [0.2, 0.25) is 0 Å². The van der Waals surface area contributed by atoms with Crippen molar-refractivity contribution in [2.75, 3.05) is 0 Å². The van der Waals surface area contributed by atoms with E-state index in [1.54, 1.807) is 0 Å². The number of rotatable bonds is 7. The predicted octanol–water partition coefficient (Wildman–Crippen LogP) is 2.34. The molecule has 0 fully saturated rings. The molecule has 0 saturated heterocycles. The Morgan fingerprint density at radius 3 is 1.56 bits per heavy atom. The Balaban J connectivity index is 1.49. The number of unbranched alkanes of at least 4 members (excludes halogenated alkanes) is 3. The molecule has 0 aliphatic heterocycles. The fraction of sp³-hybridized carbons (Fsp3) is 0.500. The molecule has 4 nitrogen and oxygen atoms in total. The van der Waals surface area contributed by atoms with Gasteiger partial charge in [-0.1, -0.05) is 12.8 Å². The summed E-state index contributed by atoms with van der Waals surface area (Å²) in [6.45, 7) is 2.18. The highest BCUT2D eigenvalue weighted by Crippen LogP contribution is 2.03. The van der Waals surface area contributed by atoms with Gasteiger partial charge in [0.05, 0.1) is 12.7 Å². The van der Waals surface area contributed by atoms with E-state index >= 15 is 0 Å². The van der Waals surface area contributed by atoms with E-state index in [0.717, 1.165) is 13.1 Å². The standard InChI is InChI=1S/C12H18N4/c1(3-7-15-9-5-13-11-15)2-4-8-16-10-6-14-12-16/h5-6,9-12H,1-4,7-8H2. The zero-order valence-corrected chi connectivity index (χ0v) is 9.50. The highest BCUT2D eigenvalue weighted by Gasteiger charge is 1.93. The second-order valence-corrected chi connectivity index (χ2v) is 4.02. The van der Waals surface area contributed by atoms with Gasteiger partial charge in [-0.05, 0) is 12.8 Å². The van der Waals surface area contributed by atoms with Gasteiger partial charge in [-0.2, -0.15) is 0 Å². The second kappa shape index (κ2) is 6.10. The quantitative estimate of drug-likeness (QED) is 0.669. The first-order valence-electron chi connectivity index (χ1n) is 5.86. The maximum Gasteiger partial charge on any atom is 0.0945 e. The average molecular weight is 218 g/mol. The van der Waals surface area contributed by atoms with Crippen LogP contribution in [0.25, 0.3) is 0 Å². The molecule has 0 bridgehead atoms. The number of nitrogens with zero attached hydrogens (tertiary/aromatic N) is 4. The first-order chi connectivity index (χ1) is 7.95. The Kier molecular flexibility index (Phi) is 4.16. The zero-order chi connectivity index (χ0) is 11.1. The molecule has 0 unspecified atom stereocenters. The van der Waals surface area contributed by atoms with Crippen molar-refractivity contribution in [3.05, 3.63) is 37.4 Å². The smallest absolute Gasteiger partial charge is 0.0945 e. The lowest BCUT2D eigenvalue weighted by molar-refractivity contribution is 0.539. The second-order valence-electron chi connectivity index (χ2n) is 4.02. The van der Waals surface area contributed by atoms with Gasteiger partial charge in [0, 0.05) is 37.9 Å². The Labute approximate surface area is 96.0 Å². The topological polar surface area (TPSA) is 35.6 Å². The molecule has 0 aromatic carbocycles. The minimum absolute atomic E-state index is 1.09. The maximum atomic E-state index is 4.02. The molecular weight excluding hydrogens is 200 g/mol. The monoisotopic (exact) mass is 218 g/mol. The van der Waals surface area contributed by atoms with Crippen LogP contribution in [0.2, 0.25) is 0 Å². The molecule has 4 heteroatoms. The highest BCUT2D eigenvalue weighted by molar-refractivity contribution is 4.74. The third-order valence-electron chi connectivity index (χ3n) is 2.70. The first kappa shape index (κ1) is 10.9. The van der Waals surface area contributed by atoms with Gasteiger partial charge in [0.25, 0.3) is 0 Å². The van der Waals surface area contributed by atoms with Crippen molar-refractivity contribution in [3.8, 4) is 0 Å². The number of aromatic nitrogens is 4. The number of hydrogen-bond donors (Lipinski definition) is 0. The van der Waals surface area contributed by atoms with Crippen LogP contribution in [0.3, 0.4) is 0 Å². The van der Waals surface area contributed by atoms with E-state index in [0.29, 0.717) is 0 Å². The molecule has 0 spiro atoms. The van der Waals surface area contributed by atoms with Crippen LogP contribution in [0.4, 0.5) is 0 Å². The summed E-state index contributed by atoms with van der Waals surface area (Å²) in [4.78, 5) is 8.05. The van der Waals surface area contributed by atoms with E-state index in [9.17, 15) is 0 Å². The van der Waals surface area contributed by atoms with Crippen LogP contribution in [0, 0.1) is 0 Å². The van der Waals surface area contributed by atoms with E-state index < -0.39 is 0 Å². The summed E-state index contributed by atoms with van der Waals surface area (Å²) >= 11 is 0. The van der Waals surface area contributed by atoms with Crippen molar-refractivity contribution in [1.29, 1.82) is 0 Å². The molecule has 0 N–H and O–H groups in total. The number of imidazole rings is 2. The van der Waals surface area contributed by atoms with E-state index in [-0.39, 0.29) is 0 Å². The molecule has 0 radical (unpaired) electrons. The summed E-state index contributed by atoms with van der Waals surface area (Å²) in [5, 5.41) is 0. The average Bonchev–Trinajstić information content (AvgIpc) is 2.96. The maximum absolute atomic E-state index is 4.02. The molecule has 0 atom stereocenters. The Bertz CT molecular complexity index is 325. The molecule has 2 rings (SSSR count). The zero-order valence-electron chi connectivity index (χ0n) is 9.50. The summed E-state index contributed by atoms with van der Waals surface area (Å²) in [6.07, 6.45) is 16.5. The summed E-state index contributed by atoms with van der Waals surface area (Å²) < 4.78 is 4.27. The fourth-order valence-electron chi connectivity index (χ4n) is 1.78. The van der Waals surface area contributed by atoms with Crippen molar-refractivity contribution in [2.45, 2.75) is 38.8 Å². The Morgan fingerprint density at radius 2 is 1.19 bits per heavy atom. The van der Waals surface area contributed by atoms with Gasteiger partial charge in [-0.15, -0.1) is 0 Å². The molecule has 0 aliphatic carbocycles. The number of hydrogen-bond acceptors (Lipinski definition) is 2.